The largest absolute Gasteiger partial charge is 0.481 e. The van der Waals surface area contributed by atoms with Gasteiger partial charge in [0.1, 0.15) is 11.9 Å². The number of urea groups is 1. The molecule has 0 unspecified atom stereocenters. The molecule has 3 aliphatic heterocycles. The van der Waals surface area contributed by atoms with Crippen molar-refractivity contribution in [2.75, 3.05) is 45.9 Å². The highest BCUT2D eigenvalue weighted by Crippen LogP contribution is 2.38. The number of halogens is 2. The van der Waals surface area contributed by atoms with E-state index >= 15 is 0 Å². The van der Waals surface area contributed by atoms with E-state index in [0.29, 0.717) is 64.9 Å². The van der Waals surface area contributed by atoms with Crippen LogP contribution in [0.1, 0.15) is 44.3 Å². The van der Waals surface area contributed by atoms with Gasteiger partial charge in [-0.2, -0.15) is 0 Å². The molecule has 4 heterocycles. The van der Waals surface area contributed by atoms with Crippen molar-refractivity contribution in [2.45, 2.75) is 39.3 Å². The zero-order valence-corrected chi connectivity index (χ0v) is 26.8. The number of piperazine rings is 1. The number of aromatic nitrogens is 1. The number of amidine groups is 1. The Kier molecular flexibility index (Phi) is 8.65. The highest BCUT2D eigenvalue weighted by Gasteiger charge is 2.51. The third-order valence-corrected chi connectivity index (χ3v) is 9.42. The molecule has 5 rings (SSSR count). The third-order valence-electron chi connectivity index (χ3n) is 7.95. The predicted octanol–water partition coefficient (Wildman–Crippen LogP) is 3.88. The van der Waals surface area contributed by atoms with Crippen molar-refractivity contribution in [3.63, 3.8) is 0 Å². The number of aliphatic carboxylic acids is 1. The summed E-state index contributed by atoms with van der Waals surface area (Å²) in [6.45, 7) is 9.42. The molecular weight excluding hydrogens is 643 g/mol. The highest BCUT2D eigenvalue weighted by molar-refractivity contribution is 9.10. The van der Waals surface area contributed by atoms with Gasteiger partial charge >= 0.3 is 18.0 Å². The number of carboxylic acid groups (broad SMARTS) is 1. The summed E-state index contributed by atoms with van der Waals surface area (Å²) in [7, 11) is 0. The molecule has 0 radical (unpaired) electrons. The molecule has 2 saturated heterocycles. The van der Waals surface area contributed by atoms with E-state index in [1.807, 2.05) is 17.2 Å². The third kappa shape index (κ3) is 6.18. The Morgan fingerprint density at radius 1 is 1.30 bits per heavy atom. The average molecular weight is 678 g/mol. The summed E-state index contributed by atoms with van der Waals surface area (Å²) in [6.07, 6.45) is 1.67. The topological polar surface area (TPSA) is 128 Å². The summed E-state index contributed by atoms with van der Waals surface area (Å²) >= 11 is 4.86. The van der Waals surface area contributed by atoms with Crippen LogP contribution in [0.3, 0.4) is 0 Å². The van der Waals surface area contributed by atoms with Gasteiger partial charge in [-0.05, 0) is 45.4 Å². The molecule has 2 aromatic rings. The average Bonchev–Trinajstić information content (AvgIpc) is 3.54. The highest BCUT2D eigenvalue weighted by atomic mass is 79.9. The van der Waals surface area contributed by atoms with Crippen LogP contribution in [0, 0.1) is 11.2 Å². The minimum Gasteiger partial charge on any atom is -0.481 e. The molecule has 0 bridgehead atoms. The number of ether oxygens (including phenoxy) is 1. The van der Waals surface area contributed by atoms with Crippen LogP contribution in [0.5, 0.6) is 0 Å². The summed E-state index contributed by atoms with van der Waals surface area (Å²) in [4.78, 5) is 53.4. The second kappa shape index (κ2) is 12.0. The molecule has 0 aliphatic carbocycles. The minimum atomic E-state index is -1.08. The van der Waals surface area contributed by atoms with E-state index in [9.17, 15) is 23.9 Å². The number of benzene rings is 1. The van der Waals surface area contributed by atoms with E-state index in [1.165, 1.54) is 23.5 Å². The molecule has 0 saturated carbocycles. The first-order chi connectivity index (χ1) is 20.3. The van der Waals surface area contributed by atoms with Crippen LogP contribution in [0.4, 0.5) is 9.18 Å². The molecule has 43 heavy (non-hydrogen) atoms. The first-order valence-corrected chi connectivity index (χ1v) is 15.6. The van der Waals surface area contributed by atoms with Crippen LogP contribution in [0.2, 0.25) is 0 Å². The predicted molar refractivity (Wildman–Crippen MR) is 162 cm³/mol. The standard InChI is InChI=1S/C29H34BrFN6O5S/c1-5-42-25(38)21-20(33-23(24-32-8-11-43-24)34-22(21)18-7-6-17(31)12-19(18)30)13-35-9-10-37-27(41)36(16-29(37,4)15-35)14-28(2,3)26(39)40/h6-8,11-12,22H,5,9-10,13-16H2,1-4H3,(H,33,34)(H,39,40)/t22-,29-/m0/s1. The Hall–Kier alpha value is -3.36. The monoisotopic (exact) mass is 676 g/mol. The Morgan fingerprint density at radius 3 is 2.72 bits per heavy atom. The number of carboxylic acids is 1. The van der Waals surface area contributed by atoms with Crippen LogP contribution in [-0.4, -0.2) is 100 Å². The van der Waals surface area contributed by atoms with Crippen LogP contribution >= 0.6 is 27.3 Å². The SMILES string of the molecule is CCOC(=O)C1=C(CN2CCN3C(=O)N(CC(C)(C)C(=O)O)C[C@]3(C)C2)NC(c2nccs2)=N[C@H]1c1ccc(F)cc1Br. The van der Waals surface area contributed by atoms with E-state index < -0.39 is 34.8 Å². The van der Waals surface area contributed by atoms with Gasteiger partial charge in [0, 0.05) is 61.0 Å². The van der Waals surface area contributed by atoms with Crippen molar-refractivity contribution >= 4 is 51.1 Å². The summed E-state index contributed by atoms with van der Waals surface area (Å²) < 4.78 is 20.0. The molecule has 1 aromatic carbocycles. The Labute approximate surface area is 261 Å². The van der Waals surface area contributed by atoms with Crippen molar-refractivity contribution in [1.29, 1.82) is 0 Å². The fourth-order valence-corrected chi connectivity index (χ4v) is 7.02. The van der Waals surface area contributed by atoms with E-state index in [-0.39, 0.29) is 19.2 Å². The number of aliphatic imine (C=N–C) groups is 1. The van der Waals surface area contributed by atoms with Gasteiger partial charge in [0.05, 0.1) is 23.1 Å². The molecule has 11 nitrogen and oxygen atoms in total. The van der Waals surface area contributed by atoms with Crippen LogP contribution < -0.4 is 5.32 Å². The number of hydrogen-bond donors (Lipinski definition) is 2. The quantitative estimate of drug-likeness (QED) is 0.383. The lowest BCUT2D eigenvalue weighted by molar-refractivity contribution is -0.147. The lowest BCUT2D eigenvalue weighted by atomic mass is 9.92. The van der Waals surface area contributed by atoms with Crippen molar-refractivity contribution in [2.24, 2.45) is 10.4 Å². The number of amides is 2. The zero-order valence-electron chi connectivity index (χ0n) is 24.4. The van der Waals surface area contributed by atoms with Crippen LogP contribution in [0.15, 0.2) is 50.5 Å². The second-order valence-electron chi connectivity index (χ2n) is 11.8. The molecule has 230 valence electrons. The van der Waals surface area contributed by atoms with Gasteiger partial charge in [0.15, 0.2) is 10.8 Å². The van der Waals surface area contributed by atoms with Gasteiger partial charge in [-0.25, -0.2) is 19.0 Å². The fourth-order valence-electron chi connectivity index (χ4n) is 5.86. The number of rotatable bonds is 9. The Morgan fingerprint density at radius 2 is 2.07 bits per heavy atom. The number of nitrogens with one attached hydrogen (secondary N) is 1. The normalized spacial score (nSPS) is 22.8. The molecule has 2 fully saturated rings. The van der Waals surface area contributed by atoms with Crippen molar-refractivity contribution in [3.05, 3.63) is 61.9 Å². The lowest BCUT2D eigenvalue weighted by Gasteiger charge is -2.44. The van der Waals surface area contributed by atoms with Crippen molar-refractivity contribution < 1.29 is 28.6 Å². The smallest absolute Gasteiger partial charge is 0.338 e. The molecule has 2 atom stereocenters. The molecule has 0 spiro atoms. The zero-order chi connectivity index (χ0) is 31.1. The first-order valence-electron chi connectivity index (χ1n) is 13.9. The van der Waals surface area contributed by atoms with E-state index in [0.717, 1.165) is 0 Å². The van der Waals surface area contributed by atoms with E-state index in [4.69, 9.17) is 9.73 Å². The summed E-state index contributed by atoms with van der Waals surface area (Å²) in [6, 6.07) is 3.32. The van der Waals surface area contributed by atoms with E-state index in [1.54, 1.807) is 37.9 Å². The maximum absolute atomic E-state index is 14.0. The number of nitrogens with zero attached hydrogens (tertiary/aromatic N) is 5. The van der Waals surface area contributed by atoms with Gasteiger partial charge in [-0.1, -0.05) is 22.0 Å². The van der Waals surface area contributed by atoms with Gasteiger partial charge in [0.2, 0.25) is 0 Å². The van der Waals surface area contributed by atoms with Gasteiger partial charge < -0.3 is 25.0 Å². The Balaban J connectivity index is 1.48. The first kappa shape index (κ1) is 31.1. The number of carbonyl (C=O) groups is 3. The fraction of sp³-hybridized carbons (Fsp3) is 0.483. The number of hydrogen-bond acceptors (Lipinski definition) is 9. The summed E-state index contributed by atoms with van der Waals surface area (Å²) in [5.74, 6) is -1.43. The molecule has 14 heteroatoms. The van der Waals surface area contributed by atoms with Crippen LogP contribution in [0.25, 0.3) is 0 Å². The number of carbonyl (C=O) groups excluding carboxylic acids is 2. The number of fused-ring (bicyclic) bond motifs is 1. The van der Waals surface area contributed by atoms with E-state index in [2.05, 4.69) is 31.1 Å². The van der Waals surface area contributed by atoms with Crippen LogP contribution in [-0.2, 0) is 14.3 Å². The minimum absolute atomic E-state index is 0.106. The molecule has 1 aromatic heterocycles. The second-order valence-corrected chi connectivity index (χ2v) is 13.6. The maximum atomic E-state index is 14.0. The van der Waals surface area contributed by atoms with Crippen molar-refractivity contribution in [1.82, 2.24) is 25.0 Å². The van der Waals surface area contributed by atoms with Gasteiger partial charge in [-0.3, -0.25) is 14.7 Å². The number of thiazole rings is 1. The molecule has 2 N–H and O–H groups in total. The number of esters is 1. The maximum Gasteiger partial charge on any atom is 0.338 e. The Bertz CT molecular complexity index is 1500. The molecule has 2 amide bonds. The summed E-state index contributed by atoms with van der Waals surface area (Å²) in [5.41, 5.74) is -0.137. The summed E-state index contributed by atoms with van der Waals surface area (Å²) in [5, 5.41) is 15.4. The van der Waals surface area contributed by atoms with Gasteiger partial charge in [0.25, 0.3) is 0 Å². The molecular formula is C29H34BrFN6O5S. The lowest BCUT2D eigenvalue weighted by Crippen LogP contribution is -2.60. The molecule has 3 aliphatic rings. The van der Waals surface area contributed by atoms with Crippen molar-refractivity contribution in [3.8, 4) is 0 Å². The van der Waals surface area contributed by atoms with Gasteiger partial charge in [-0.15, -0.1) is 11.3 Å².